The molecule has 1 atom stereocenters. The summed E-state index contributed by atoms with van der Waals surface area (Å²) in [5.41, 5.74) is -0.448. The fraction of sp³-hybridized carbons (Fsp3) is 0.400. The highest BCUT2D eigenvalue weighted by molar-refractivity contribution is 7.93. The van der Waals surface area contributed by atoms with E-state index >= 15 is 0 Å². The van der Waals surface area contributed by atoms with Crippen LogP contribution in [0.15, 0.2) is 22.7 Å². The zero-order chi connectivity index (χ0) is 13.8. The Hall–Kier alpha value is -1.62. The molecule has 0 amide bonds. The van der Waals surface area contributed by atoms with Crippen molar-refractivity contribution < 1.29 is 17.4 Å². The molecule has 0 aliphatic rings. The number of rotatable bonds is 3. The minimum Gasteiger partial charge on any atom is -0.252 e. The monoisotopic (exact) mass is 277 g/mol. The highest BCUT2D eigenvalue weighted by Gasteiger charge is 2.31. The molecule has 0 aliphatic heterocycles. The van der Waals surface area contributed by atoms with Crippen LogP contribution in [0.25, 0.3) is 0 Å². The molecule has 1 unspecified atom stereocenters. The predicted molar refractivity (Wildman–Crippen MR) is 59.9 cm³/mol. The lowest BCUT2D eigenvalue weighted by Crippen LogP contribution is -2.09. The maximum absolute atomic E-state index is 12.2. The minimum absolute atomic E-state index is 0.105. The van der Waals surface area contributed by atoms with Crippen LogP contribution >= 0.6 is 0 Å². The quantitative estimate of drug-likeness (QED) is 0.796. The van der Waals surface area contributed by atoms with Gasteiger partial charge in [-0.05, 0) is 18.1 Å². The lowest BCUT2D eigenvalue weighted by atomic mass is 10.2. The van der Waals surface area contributed by atoms with Gasteiger partial charge in [-0.25, -0.2) is 4.21 Å². The number of aromatic nitrogens is 1. The number of hydrogen-bond donors (Lipinski definition) is 0. The normalized spacial score (nSPS) is 14.6. The number of aryl methyl sites for hydroxylation is 1. The Morgan fingerprint density at radius 2 is 2.17 bits per heavy atom. The number of nitriles is 1. The average molecular weight is 277 g/mol. The third-order valence-corrected chi connectivity index (χ3v) is 3.55. The first-order valence-corrected chi connectivity index (χ1v) is 6.94. The molecule has 98 valence electrons. The van der Waals surface area contributed by atoms with Crippen LogP contribution in [0.5, 0.6) is 0 Å². The summed E-state index contributed by atoms with van der Waals surface area (Å²) in [7, 11) is -2.60. The van der Waals surface area contributed by atoms with Gasteiger partial charge in [-0.1, -0.05) is 6.07 Å². The summed E-state index contributed by atoms with van der Waals surface area (Å²) in [6.45, 7) is 0. The molecule has 1 heterocycles. The zero-order valence-electron chi connectivity index (χ0n) is 9.44. The van der Waals surface area contributed by atoms with Crippen molar-refractivity contribution in [2.24, 2.45) is 4.36 Å². The number of hydrogen-bond acceptors (Lipinski definition) is 4. The van der Waals surface area contributed by atoms with Crippen molar-refractivity contribution in [1.82, 2.24) is 4.98 Å². The van der Waals surface area contributed by atoms with E-state index in [2.05, 4.69) is 9.35 Å². The molecule has 18 heavy (non-hydrogen) atoms. The molecule has 0 bridgehead atoms. The Balaban J connectivity index is 2.75. The van der Waals surface area contributed by atoms with Crippen molar-refractivity contribution in [3.05, 3.63) is 29.6 Å². The van der Waals surface area contributed by atoms with Gasteiger partial charge in [-0.15, -0.1) is 4.36 Å². The molecule has 0 aromatic carbocycles. The average Bonchev–Trinajstić information content (AvgIpc) is 2.26. The first kappa shape index (κ1) is 14.4. The van der Waals surface area contributed by atoms with Crippen molar-refractivity contribution in [2.75, 3.05) is 12.0 Å². The summed E-state index contributed by atoms with van der Waals surface area (Å²) in [6, 6.07) is 2.14. The third-order valence-electron chi connectivity index (χ3n) is 2.12. The van der Waals surface area contributed by atoms with Gasteiger partial charge in [0.1, 0.15) is 5.69 Å². The van der Waals surface area contributed by atoms with Gasteiger partial charge in [0.25, 0.3) is 0 Å². The van der Waals surface area contributed by atoms with Crippen molar-refractivity contribution in [1.29, 1.82) is 5.26 Å². The molecular formula is C10H10F3N3OS. The minimum atomic E-state index is -4.47. The van der Waals surface area contributed by atoms with Gasteiger partial charge >= 0.3 is 6.18 Å². The fourth-order valence-electron chi connectivity index (χ4n) is 1.18. The van der Waals surface area contributed by atoms with Crippen LogP contribution in [0.4, 0.5) is 13.2 Å². The lowest BCUT2D eigenvalue weighted by molar-refractivity contribution is -0.141. The van der Waals surface area contributed by atoms with E-state index in [1.807, 2.05) is 0 Å². The summed E-state index contributed by atoms with van der Waals surface area (Å²) in [6.07, 6.45) is -0.336. The Morgan fingerprint density at radius 3 is 2.61 bits per heavy atom. The van der Waals surface area contributed by atoms with Crippen LogP contribution in [0.2, 0.25) is 0 Å². The second-order valence-corrected chi connectivity index (χ2v) is 6.16. The second-order valence-electron chi connectivity index (χ2n) is 3.65. The topological polar surface area (TPSA) is 66.1 Å². The van der Waals surface area contributed by atoms with Crippen LogP contribution in [0.3, 0.4) is 0 Å². The van der Waals surface area contributed by atoms with Crippen molar-refractivity contribution in [3.63, 3.8) is 0 Å². The zero-order valence-corrected chi connectivity index (χ0v) is 10.3. The Labute approximate surface area is 103 Å². The molecule has 0 saturated heterocycles. The Morgan fingerprint density at radius 1 is 1.50 bits per heavy atom. The van der Waals surface area contributed by atoms with Gasteiger partial charge in [0.15, 0.2) is 0 Å². The highest BCUT2D eigenvalue weighted by Crippen LogP contribution is 2.27. The van der Waals surface area contributed by atoms with E-state index in [0.717, 1.165) is 12.3 Å². The van der Waals surface area contributed by atoms with Gasteiger partial charge in [0.05, 0.1) is 9.73 Å². The van der Waals surface area contributed by atoms with Gasteiger partial charge in [0, 0.05) is 18.2 Å². The van der Waals surface area contributed by atoms with Crippen LogP contribution in [0.1, 0.15) is 11.3 Å². The summed E-state index contributed by atoms with van der Waals surface area (Å²) in [5, 5.41) is 8.29. The molecule has 0 radical (unpaired) electrons. The number of pyridine rings is 1. The summed E-state index contributed by atoms with van der Waals surface area (Å²) in [5.74, 6) is 0.105. The summed E-state index contributed by atoms with van der Waals surface area (Å²) in [4.78, 5) is 3.28. The smallest absolute Gasteiger partial charge is 0.252 e. The fourth-order valence-corrected chi connectivity index (χ4v) is 2.06. The Bertz CT molecular complexity index is 566. The molecule has 0 fully saturated rings. The van der Waals surface area contributed by atoms with Crippen LogP contribution in [-0.2, 0) is 22.3 Å². The molecule has 1 aromatic rings. The van der Waals surface area contributed by atoms with E-state index < -0.39 is 21.6 Å². The van der Waals surface area contributed by atoms with E-state index in [1.54, 1.807) is 0 Å². The van der Waals surface area contributed by atoms with Crippen molar-refractivity contribution in [2.45, 2.75) is 12.6 Å². The van der Waals surface area contributed by atoms with E-state index in [4.69, 9.17) is 5.26 Å². The van der Waals surface area contributed by atoms with Crippen LogP contribution in [0, 0.1) is 11.5 Å². The molecule has 0 saturated carbocycles. The molecule has 0 N–H and O–H groups in total. The number of alkyl halides is 3. The maximum Gasteiger partial charge on any atom is 0.433 e. The first-order valence-electron chi connectivity index (χ1n) is 4.85. The summed E-state index contributed by atoms with van der Waals surface area (Å²) < 4.78 is 51.6. The van der Waals surface area contributed by atoms with Gasteiger partial charge in [-0.3, -0.25) is 4.98 Å². The SMILES string of the molecule is CS(=O)(CCc1ccc(C(F)(F)F)nc1)=NC#N. The molecular weight excluding hydrogens is 267 g/mol. The van der Waals surface area contributed by atoms with E-state index in [-0.39, 0.29) is 12.2 Å². The first-order chi connectivity index (χ1) is 8.24. The molecule has 8 heteroatoms. The molecule has 1 aromatic heterocycles. The van der Waals surface area contributed by atoms with E-state index in [0.29, 0.717) is 5.56 Å². The molecule has 1 rings (SSSR count). The van der Waals surface area contributed by atoms with Crippen LogP contribution < -0.4 is 0 Å². The highest BCUT2D eigenvalue weighted by atomic mass is 32.2. The molecule has 0 spiro atoms. The van der Waals surface area contributed by atoms with Gasteiger partial charge < -0.3 is 0 Å². The second kappa shape index (κ2) is 5.35. The molecule has 4 nitrogen and oxygen atoms in total. The standard InChI is InChI=1S/C10H10F3N3OS/c1-18(17,16-7-14)5-4-8-2-3-9(15-6-8)10(11,12)13/h2-3,6H,4-5H2,1H3. The van der Waals surface area contributed by atoms with Crippen molar-refractivity contribution >= 4 is 9.73 Å². The van der Waals surface area contributed by atoms with Gasteiger partial charge in [0.2, 0.25) is 6.19 Å². The van der Waals surface area contributed by atoms with E-state index in [1.165, 1.54) is 18.5 Å². The number of nitrogens with zero attached hydrogens (tertiary/aromatic N) is 3. The van der Waals surface area contributed by atoms with Crippen molar-refractivity contribution in [3.8, 4) is 6.19 Å². The largest absolute Gasteiger partial charge is 0.433 e. The lowest BCUT2D eigenvalue weighted by Gasteiger charge is -2.06. The summed E-state index contributed by atoms with van der Waals surface area (Å²) >= 11 is 0. The van der Waals surface area contributed by atoms with E-state index in [9.17, 15) is 17.4 Å². The maximum atomic E-state index is 12.2. The van der Waals surface area contributed by atoms with Gasteiger partial charge in [-0.2, -0.15) is 18.4 Å². The Kier molecular flexibility index (Phi) is 4.29. The third kappa shape index (κ3) is 4.33. The predicted octanol–water partition coefficient (Wildman–Crippen LogP) is 2.22. The van der Waals surface area contributed by atoms with Crippen LogP contribution in [-0.4, -0.2) is 21.2 Å². The number of halogens is 3. The molecule has 0 aliphatic carbocycles.